The Balaban J connectivity index is 3.09. The van der Waals surface area contributed by atoms with Crippen molar-refractivity contribution in [2.24, 2.45) is 0 Å². The number of aliphatic hydroxyl groups is 1. The highest BCUT2D eigenvalue weighted by Crippen LogP contribution is 1.89. The largest absolute Gasteiger partial charge is 0.395 e. The molecule has 0 amide bonds. The number of unbranched alkanes of at least 4 members (excludes halogenated alkanes) is 1. The summed E-state index contributed by atoms with van der Waals surface area (Å²) in [7, 11) is 0. The van der Waals surface area contributed by atoms with Gasteiger partial charge in [-0.3, -0.25) is 4.90 Å². The lowest BCUT2D eigenvalue weighted by atomic mass is 10.4. The third-order valence-corrected chi connectivity index (χ3v) is 2.80. The van der Waals surface area contributed by atoms with E-state index < -0.39 is 0 Å². The van der Waals surface area contributed by atoms with E-state index in [4.69, 9.17) is 19.3 Å². The normalized spacial score (nSPS) is 11.4. The monoisotopic (exact) mass is 277 g/mol. The van der Waals surface area contributed by atoms with Crippen LogP contribution in [0, 0.1) is 0 Å². The smallest absolute Gasteiger partial charge is 0.0701 e. The zero-order chi connectivity index (χ0) is 14.2. The first-order valence-corrected chi connectivity index (χ1v) is 7.41. The molecule has 0 heterocycles. The predicted octanol–water partition coefficient (Wildman–Crippen LogP) is 1.15. The van der Waals surface area contributed by atoms with Gasteiger partial charge in [0.15, 0.2) is 0 Å². The quantitative estimate of drug-likeness (QED) is 0.455. The summed E-state index contributed by atoms with van der Waals surface area (Å²) in [5.41, 5.74) is 0. The van der Waals surface area contributed by atoms with Crippen molar-refractivity contribution >= 4 is 0 Å². The number of hydrogen-bond donors (Lipinski definition) is 1. The van der Waals surface area contributed by atoms with E-state index in [1.54, 1.807) is 0 Å². The van der Waals surface area contributed by atoms with Gasteiger partial charge in [-0.15, -0.1) is 0 Å². The van der Waals surface area contributed by atoms with Gasteiger partial charge < -0.3 is 19.3 Å². The summed E-state index contributed by atoms with van der Waals surface area (Å²) in [6.45, 7) is 11.0. The molecular formula is C14H31NO4. The van der Waals surface area contributed by atoms with Gasteiger partial charge in [-0.1, -0.05) is 20.3 Å². The molecule has 0 radical (unpaired) electrons. The van der Waals surface area contributed by atoms with Crippen LogP contribution in [-0.2, 0) is 14.2 Å². The highest BCUT2D eigenvalue weighted by Gasteiger charge is 2.00. The van der Waals surface area contributed by atoms with Crippen molar-refractivity contribution in [3.05, 3.63) is 0 Å². The van der Waals surface area contributed by atoms with Crippen LogP contribution in [0.1, 0.15) is 26.7 Å². The molecule has 0 bridgehead atoms. The Bertz CT molecular complexity index is 170. The molecule has 5 nitrogen and oxygen atoms in total. The third kappa shape index (κ3) is 14.0. The molecule has 0 fully saturated rings. The zero-order valence-electron chi connectivity index (χ0n) is 12.6. The first kappa shape index (κ1) is 18.8. The number of rotatable bonds is 15. The molecule has 0 aromatic rings. The van der Waals surface area contributed by atoms with Gasteiger partial charge in [-0.05, 0) is 13.0 Å². The minimum atomic E-state index is 0.203. The summed E-state index contributed by atoms with van der Waals surface area (Å²) in [4.78, 5) is 2.16. The Morgan fingerprint density at radius 3 is 1.89 bits per heavy atom. The van der Waals surface area contributed by atoms with Crippen LogP contribution in [0.5, 0.6) is 0 Å². The summed E-state index contributed by atoms with van der Waals surface area (Å²) in [5, 5.41) is 8.83. The first-order chi connectivity index (χ1) is 9.35. The summed E-state index contributed by atoms with van der Waals surface area (Å²) in [6.07, 6.45) is 2.28. The summed E-state index contributed by atoms with van der Waals surface area (Å²) >= 11 is 0. The van der Waals surface area contributed by atoms with Crippen LogP contribution in [0.2, 0.25) is 0 Å². The fourth-order valence-electron chi connectivity index (χ4n) is 1.55. The van der Waals surface area contributed by atoms with Gasteiger partial charge in [0.1, 0.15) is 0 Å². The van der Waals surface area contributed by atoms with Crippen molar-refractivity contribution in [2.45, 2.75) is 26.7 Å². The summed E-state index contributed by atoms with van der Waals surface area (Å²) in [6, 6.07) is 0. The first-order valence-electron chi connectivity index (χ1n) is 7.41. The van der Waals surface area contributed by atoms with Crippen LogP contribution in [0.25, 0.3) is 0 Å². The van der Waals surface area contributed by atoms with E-state index in [9.17, 15) is 0 Å². The number of nitrogens with zero attached hydrogens (tertiary/aromatic N) is 1. The molecule has 5 heteroatoms. The number of ether oxygens (including phenoxy) is 3. The van der Waals surface area contributed by atoms with Gasteiger partial charge in [0.25, 0.3) is 0 Å². The van der Waals surface area contributed by atoms with Gasteiger partial charge in [0.2, 0.25) is 0 Å². The van der Waals surface area contributed by atoms with E-state index in [2.05, 4.69) is 18.7 Å². The Labute approximate surface area is 117 Å². The second-order valence-electron chi connectivity index (χ2n) is 4.35. The highest BCUT2D eigenvalue weighted by molar-refractivity contribution is 4.52. The zero-order valence-corrected chi connectivity index (χ0v) is 12.6. The van der Waals surface area contributed by atoms with Crippen LogP contribution in [-0.4, -0.2) is 75.9 Å². The molecule has 0 rings (SSSR count). The maximum atomic E-state index is 8.83. The lowest BCUT2D eigenvalue weighted by molar-refractivity contribution is 0.00978. The van der Waals surface area contributed by atoms with Crippen molar-refractivity contribution < 1.29 is 19.3 Å². The highest BCUT2D eigenvalue weighted by atomic mass is 16.5. The molecule has 0 spiro atoms. The second-order valence-corrected chi connectivity index (χ2v) is 4.35. The molecule has 0 aliphatic carbocycles. The minimum absolute atomic E-state index is 0.203. The predicted molar refractivity (Wildman–Crippen MR) is 76.6 cm³/mol. The van der Waals surface area contributed by atoms with Crippen molar-refractivity contribution in [3.63, 3.8) is 0 Å². The maximum Gasteiger partial charge on any atom is 0.0701 e. The lowest BCUT2D eigenvalue weighted by Gasteiger charge is -2.18. The maximum absolute atomic E-state index is 8.83. The van der Waals surface area contributed by atoms with Gasteiger partial charge >= 0.3 is 0 Å². The number of hydrogen-bond acceptors (Lipinski definition) is 5. The Morgan fingerprint density at radius 2 is 1.37 bits per heavy atom. The van der Waals surface area contributed by atoms with E-state index in [1.165, 1.54) is 6.42 Å². The topological polar surface area (TPSA) is 51.2 Å². The number of aliphatic hydroxyl groups excluding tert-OH is 1. The Kier molecular flexibility index (Phi) is 15.7. The minimum Gasteiger partial charge on any atom is -0.395 e. The van der Waals surface area contributed by atoms with E-state index >= 15 is 0 Å². The van der Waals surface area contributed by atoms with Crippen molar-refractivity contribution in [1.82, 2.24) is 4.90 Å². The van der Waals surface area contributed by atoms with Gasteiger partial charge in [-0.2, -0.15) is 0 Å². The van der Waals surface area contributed by atoms with Crippen LogP contribution < -0.4 is 0 Å². The molecule has 1 N–H and O–H groups in total. The van der Waals surface area contributed by atoms with Gasteiger partial charge in [-0.25, -0.2) is 0 Å². The van der Waals surface area contributed by atoms with Crippen molar-refractivity contribution in [3.8, 4) is 0 Å². The van der Waals surface area contributed by atoms with E-state index in [-0.39, 0.29) is 6.61 Å². The number of likely N-dealkylation sites (N-methyl/N-ethyl adjacent to an activating group) is 1. The van der Waals surface area contributed by atoms with Gasteiger partial charge in [0, 0.05) is 19.7 Å². The van der Waals surface area contributed by atoms with E-state index in [1.807, 2.05) is 0 Å². The van der Waals surface area contributed by atoms with E-state index in [0.717, 1.165) is 26.1 Å². The van der Waals surface area contributed by atoms with Crippen molar-refractivity contribution in [2.75, 3.05) is 65.9 Å². The average Bonchev–Trinajstić information content (AvgIpc) is 2.43. The van der Waals surface area contributed by atoms with Crippen LogP contribution in [0.4, 0.5) is 0 Å². The van der Waals surface area contributed by atoms with Crippen LogP contribution >= 0.6 is 0 Å². The molecule has 0 aliphatic rings. The molecule has 0 aromatic carbocycles. The third-order valence-electron chi connectivity index (χ3n) is 2.80. The molecule has 0 aliphatic heterocycles. The second kappa shape index (κ2) is 15.9. The Hall–Kier alpha value is -0.200. The molecule has 19 heavy (non-hydrogen) atoms. The SMILES string of the molecule is CCCCOCCOCCOCCN(CC)CCO. The van der Waals surface area contributed by atoms with Crippen LogP contribution in [0.3, 0.4) is 0 Å². The summed E-state index contributed by atoms with van der Waals surface area (Å²) in [5.74, 6) is 0. The molecule has 0 atom stereocenters. The fourth-order valence-corrected chi connectivity index (χ4v) is 1.55. The average molecular weight is 277 g/mol. The van der Waals surface area contributed by atoms with Crippen molar-refractivity contribution in [1.29, 1.82) is 0 Å². The van der Waals surface area contributed by atoms with Gasteiger partial charge in [0.05, 0.1) is 39.6 Å². The Morgan fingerprint density at radius 1 is 0.789 bits per heavy atom. The standard InChI is InChI=1S/C14H31NO4/c1-3-5-9-17-11-13-19-14-12-18-10-7-15(4-2)6-8-16/h16H,3-14H2,1-2H3. The summed E-state index contributed by atoms with van der Waals surface area (Å²) < 4.78 is 16.2. The molecule has 0 saturated heterocycles. The fraction of sp³-hybridized carbons (Fsp3) is 1.00. The molecule has 0 unspecified atom stereocenters. The molecular weight excluding hydrogens is 246 g/mol. The lowest BCUT2D eigenvalue weighted by Crippen LogP contribution is -2.30. The molecule has 0 saturated carbocycles. The van der Waals surface area contributed by atoms with E-state index in [0.29, 0.717) is 39.6 Å². The molecule has 116 valence electrons. The van der Waals surface area contributed by atoms with Crippen LogP contribution in [0.15, 0.2) is 0 Å². The molecule has 0 aromatic heterocycles.